The lowest BCUT2D eigenvalue weighted by atomic mass is 10.1. The molecule has 0 aliphatic heterocycles. The van der Waals surface area contributed by atoms with Gasteiger partial charge in [-0.05, 0) is 11.6 Å². The predicted molar refractivity (Wildman–Crippen MR) is 58.5 cm³/mol. The molecular weight excluding hydrogens is 216 g/mol. The van der Waals surface area contributed by atoms with Gasteiger partial charge in [0.05, 0.1) is 19.2 Å². The van der Waals surface area contributed by atoms with E-state index in [1.54, 1.807) is 25.2 Å². The lowest BCUT2D eigenvalue weighted by Crippen LogP contribution is -1.94. The molecule has 0 aliphatic rings. The number of benzene rings is 1. The minimum absolute atomic E-state index is 0.433. The van der Waals surface area contributed by atoms with Crippen LogP contribution in [0.25, 0.3) is 0 Å². The molecule has 15 heavy (non-hydrogen) atoms. The molecule has 0 radical (unpaired) electrons. The highest BCUT2D eigenvalue weighted by Gasteiger charge is 2.11. The Bertz CT molecular complexity index is 395. The predicted octanol–water partition coefficient (Wildman–Crippen LogP) is 2.29. The maximum atomic E-state index is 10.1. The van der Waals surface area contributed by atoms with E-state index in [1.165, 1.54) is 13.2 Å². The zero-order valence-corrected chi connectivity index (χ0v) is 9.30. The SMILES string of the molecule is COc1ccc(CC=C=O)c(Cl)c1OC. The Morgan fingerprint density at radius 1 is 1.40 bits per heavy atom. The van der Waals surface area contributed by atoms with Gasteiger partial charge < -0.3 is 9.47 Å². The van der Waals surface area contributed by atoms with Crippen LogP contribution in [0.15, 0.2) is 18.2 Å². The van der Waals surface area contributed by atoms with Gasteiger partial charge >= 0.3 is 0 Å². The summed E-state index contributed by atoms with van der Waals surface area (Å²) in [5, 5.41) is 0.461. The van der Waals surface area contributed by atoms with E-state index < -0.39 is 0 Å². The fraction of sp³-hybridized carbons (Fsp3) is 0.273. The van der Waals surface area contributed by atoms with E-state index in [1.807, 2.05) is 0 Å². The number of allylic oxidation sites excluding steroid dienone is 1. The van der Waals surface area contributed by atoms with Crippen LogP contribution < -0.4 is 9.47 Å². The first kappa shape index (κ1) is 11.6. The van der Waals surface area contributed by atoms with Gasteiger partial charge in [0, 0.05) is 12.5 Å². The summed E-state index contributed by atoms with van der Waals surface area (Å²) in [7, 11) is 3.06. The third-order valence-electron chi connectivity index (χ3n) is 1.97. The number of halogens is 1. The van der Waals surface area contributed by atoms with Gasteiger partial charge in [-0.3, -0.25) is 0 Å². The number of rotatable bonds is 4. The van der Waals surface area contributed by atoms with E-state index in [0.717, 1.165) is 5.56 Å². The lowest BCUT2D eigenvalue weighted by molar-refractivity contribution is 0.355. The molecule has 0 unspecified atom stereocenters. The van der Waals surface area contributed by atoms with Crippen LogP contribution in [0.3, 0.4) is 0 Å². The smallest absolute Gasteiger partial charge is 0.179 e. The quantitative estimate of drug-likeness (QED) is 0.739. The van der Waals surface area contributed by atoms with Crippen LogP contribution in [0.1, 0.15) is 5.56 Å². The van der Waals surface area contributed by atoms with Gasteiger partial charge in [0.2, 0.25) is 0 Å². The topological polar surface area (TPSA) is 35.5 Å². The highest BCUT2D eigenvalue weighted by atomic mass is 35.5. The van der Waals surface area contributed by atoms with Crippen LogP contribution in [0.4, 0.5) is 0 Å². The van der Waals surface area contributed by atoms with Crippen molar-refractivity contribution in [3.63, 3.8) is 0 Å². The van der Waals surface area contributed by atoms with Crippen LogP contribution >= 0.6 is 11.6 Å². The van der Waals surface area contributed by atoms with Crippen molar-refractivity contribution in [3.05, 3.63) is 28.8 Å². The second-order valence-corrected chi connectivity index (χ2v) is 3.18. The van der Waals surface area contributed by atoms with Crippen LogP contribution in [-0.4, -0.2) is 20.2 Å². The van der Waals surface area contributed by atoms with Crippen molar-refractivity contribution >= 4 is 17.5 Å². The van der Waals surface area contributed by atoms with Crippen molar-refractivity contribution in [3.8, 4) is 11.5 Å². The van der Waals surface area contributed by atoms with E-state index in [0.29, 0.717) is 22.9 Å². The molecule has 3 nitrogen and oxygen atoms in total. The van der Waals surface area contributed by atoms with Crippen LogP contribution in [0.5, 0.6) is 11.5 Å². The molecule has 0 saturated heterocycles. The van der Waals surface area contributed by atoms with Crippen LogP contribution in [0.2, 0.25) is 5.02 Å². The summed E-state index contributed by atoms with van der Waals surface area (Å²) in [6.45, 7) is 0. The van der Waals surface area contributed by atoms with Crippen molar-refractivity contribution in [1.29, 1.82) is 0 Å². The summed E-state index contributed by atoms with van der Waals surface area (Å²) in [5.74, 6) is 2.76. The van der Waals surface area contributed by atoms with E-state index in [-0.39, 0.29) is 0 Å². The molecule has 0 amide bonds. The zero-order chi connectivity index (χ0) is 11.3. The normalized spacial score (nSPS) is 9.27. The maximum Gasteiger partial charge on any atom is 0.179 e. The standard InChI is InChI=1S/C11H11ClO3/c1-14-9-6-5-8(4-3-7-13)10(12)11(9)15-2/h3,5-6H,4H2,1-2H3. The molecule has 0 heterocycles. The van der Waals surface area contributed by atoms with Gasteiger partial charge in [-0.1, -0.05) is 17.7 Å². The Balaban J connectivity index is 3.16. The molecule has 1 aromatic carbocycles. The van der Waals surface area contributed by atoms with Crippen molar-refractivity contribution in [2.75, 3.05) is 14.2 Å². The molecule has 0 aliphatic carbocycles. The van der Waals surface area contributed by atoms with Crippen molar-refractivity contribution in [2.45, 2.75) is 6.42 Å². The average Bonchev–Trinajstić information content (AvgIpc) is 2.27. The summed E-state index contributed by atoms with van der Waals surface area (Å²) in [4.78, 5) is 10.1. The first-order chi connectivity index (χ1) is 7.24. The third-order valence-corrected chi connectivity index (χ3v) is 2.38. The van der Waals surface area contributed by atoms with E-state index >= 15 is 0 Å². The lowest BCUT2D eigenvalue weighted by Gasteiger charge is -2.11. The number of ether oxygens (including phenoxy) is 2. The third kappa shape index (κ3) is 2.52. The monoisotopic (exact) mass is 226 g/mol. The summed E-state index contributed by atoms with van der Waals surface area (Å²) >= 11 is 6.07. The maximum absolute atomic E-state index is 10.1. The average molecular weight is 227 g/mol. The van der Waals surface area contributed by atoms with Crippen LogP contribution in [0, 0.1) is 0 Å². The first-order valence-electron chi connectivity index (χ1n) is 4.33. The summed E-state index contributed by atoms with van der Waals surface area (Å²) < 4.78 is 10.2. The molecule has 0 N–H and O–H groups in total. The minimum atomic E-state index is 0.433. The zero-order valence-electron chi connectivity index (χ0n) is 8.54. The van der Waals surface area contributed by atoms with Crippen LogP contribution in [-0.2, 0) is 11.2 Å². The Kier molecular flexibility index (Phi) is 4.22. The fourth-order valence-corrected chi connectivity index (χ4v) is 1.55. The highest BCUT2D eigenvalue weighted by molar-refractivity contribution is 6.33. The molecule has 0 bridgehead atoms. The molecule has 0 fully saturated rings. The fourth-order valence-electron chi connectivity index (χ4n) is 1.24. The van der Waals surface area contributed by atoms with Crippen molar-refractivity contribution < 1.29 is 14.3 Å². The molecule has 0 aromatic heterocycles. The highest BCUT2D eigenvalue weighted by Crippen LogP contribution is 2.37. The van der Waals surface area contributed by atoms with Gasteiger partial charge in [0.15, 0.2) is 11.5 Å². The molecule has 0 saturated carbocycles. The van der Waals surface area contributed by atoms with E-state index in [9.17, 15) is 4.79 Å². The molecular formula is C11H11ClO3. The summed E-state index contributed by atoms with van der Waals surface area (Å²) in [5.41, 5.74) is 0.803. The molecule has 1 rings (SSSR count). The van der Waals surface area contributed by atoms with Gasteiger partial charge in [0.25, 0.3) is 0 Å². The Labute approximate surface area is 93.3 Å². The van der Waals surface area contributed by atoms with Gasteiger partial charge in [0.1, 0.15) is 5.94 Å². The molecule has 80 valence electrons. The summed E-state index contributed by atoms with van der Waals surface area (Å²) in [6, 6.07) is 3.54. The Hall–Kier alpha value is -1.44. The minimum Gasteiger partial charge on any atom is -0.493 e. The van der Waals surface area contributed by atoms with E-state index in [4.69, 9.17) is 21.1 Å². The molecule has 0 atom stereocenters. The Morgan fingerprint density at radius 2 is 2.13 bits per heavy atom. The molecule has 1 aromatic rings. The number of carbonyl (C=O) groups excluding carboxylic acids is 1. The van der Waals surface area contributed by atoms with Gasteiger partial charge in [-0.15, -0.1) is 0 Å². The van der Waals surface area contributed by atoms with Crippen molar-refractivity contribution in [2.24, 2.45) is 0 Å². The molecule has 0 spiro atoms. The van der Waals surface area contributed by atoms with Gasteiger partial charge in [-0.25, -0.2) is 4.79 Å². The second kappa shape index (κ2) is 5.44. The van der Waals surface area contributed by atoms with Gasteiger partial charge in [-0.2, -0.15) is 0 Å². The molecule has 4 heteroatoms. The largest absolute Gasteiger partial charge is 0.493 e. The Morgan fingerprint density at radius 3 is 2.67 bits per heavy atom. The van der Waals surface area contributed by atoms with Crippen molar-refractivity contribution in [1.82, 2.24) is 0 Å². The van der Waals surface area contributed by atoms with E-state index in [2.05, 4.69) is 0 Å². The summed E-state index contributed by atoms with van der Waals surface area (Å²) in [6.07, 6.45) is 1.80. The second-order valence-electron chi connectivity index (χ2n) is 2.80. The first-order valence-corrected chi connectivity index (χ1v) is 4.71. The number of hydrogen-bond donors (Lipinski definition) is 0. The number of hydrogen-bond acceptors (Lipinski definition) is 3. The number of methoxy groups -OCH3 is 2.